The highest BCUT2D eigenvalue weighted by Gasteiger charge is 2.09. The van der Waals surface area contributed by atoms with E-state index in [1.165, 1.54) is 12.1 Å². The molecule has 2 N–H and O–H groups in total. The minimum Gasteiger partial charge on any atom is -0.423 e. The fourth-order valence-corrected chi connectivity index (χ4v) is 1.23. The second-order valence-corrected chi connectivity index (χ2v) is 2.73. The van der Waals surface area contributed by atoms with E-state index in [1.807, 2.05) is 0 Å². The Balaban J connectivity index is 3.19. The van der Waals surface area contributed by atoms with Gasteiger partial charge in [0.25, 0.3) is 5.56 Å². The van der Waals surface area contributed by atoms with E-state index in [1.54, 1.807) is 12.1 Å². The number of aromatic nitrogens is 2. The summed E-state index contributed by atoms with van der Waals surface area (Å²) < 4.78 is 0.0824. The normalized spacial score (nSPS) is 10.6. The van der Waals surface area contributed by atoms with E-state index in [4.69, 9.17) is 5.21 Å². The second kappa shape index (κ2) is 2.63. The first-order chi connectivity index (χ1) is 6.63. The van der Waals surface area contributed by atoms with Crippen molar-refractivity contribution in [1.82, 2.24) is 9.46 Å². The molecule has 0 radical (unpaired) electrons. The molecule has 0 saturated heterocycles. The zero-order valence-corrected chi connectivity index (χ0v) is 6.91. The van der Waals surface area contributed by atoms with E-state index in [0.717, 1.165) is 0 Å². The van der Waals surface area contributed by atoms with E-state index < -0.39 is 11.2 Å². The first-order valence-corrected chi connectivity index (χ1v) is 3.78. The summed E-state index contributed by atoms with van der Waals surface area (Å²) in [5.74, 6) is 0. The molecule has 0 aliphatic heterocycles. The molecule has 0 atom stereocenters. The number of hydrogen-bond acceptors (Lipinski definition) is 4. The van der Waals surface area contributed by atoms with Gasteiger partial charge in [0.2, 0.25) is 0 Å². The molecule has 0 aliphatic rings. The van der Waals surface area contributed by atoms with Crippen molar-refractivity contribution < 1.29 is 10.4 Å². The molecule has 72 valence electrons. The van der Waals surface area contributed by atoms with Crippen LogP contribution in [0.2, 0.25) is 0 Å². The topological polar surface area (TPSA) is 84.5 Å². The zero-order valence-electron chi connectivity index (χ0n) is 6.91. The summed E-state index contributed by atoms with van der Waals surface area (Å²) in [6.07, 6.45) is 0. The van der Waals surface area contributed by atoms with Crippen LogP contribution < -0.4 is 11.2 Å². The summed E-state index contributed by atoms with van der Waals surface area (Å²) in [6.45, 7) is 0. The summed E-state index contributed by atoms with van der Waals surface area (Å²) in [5, 5.41) is 18.3. The SMILES string of the molecule is O=c1c2ccccc2n(O)c(=O)n1O. The minimum absolute atomic E-state index is 0.0628. The molecule has 6 heteroatoms. The third-order valence-corrected chi connectivity index (χ3v) is 1.92. The van der Waals surface area contributed by atoms with Gasteiger partial charge in [-0.3, -0.25) is 4.79 Å². The molecule has 6 nitrogen and oxygen atoms in total. The van der Waals surface area contributed by atoms with Crippen LogP contribution >= 0.6 is 0 Å². The molecular weight excluding hydrogens is 188 g/mol. The molecule has 2 rings (SSSR count). The lowest BCUT2D eigenvalue weighted by Crippen LogP contribution is -2.37. The highest BCUT2D eigenvalue weighted by molar-refractivity contribution is 5.77. The monoisotopic (exact) mass is 194 g/mol. The number of rotatable bonds is 0. The van der Waals surface area contributed by atoms with Crippen molar-refractivity contribution in [3.8, 4) is 0 Å². The number of fused-ring (bicyclic) bond motifs is 1. The predicted molar refractivity (Wildman–Crippen MR) is 46.8 cm³/mol. The van der Waals surface area contributed by atoms with Gasteiger partial charge in [-0.1, -0.05) is 16.9 Å². The molecule has 0 amide bonds. The van der Waals surface area contributed by atoms with Gasteiger partial charge in [0.15, 0.2) is 0 Å². The molecule has 2 aromatic rings. The van der Waals surface area contributed by atoms with Crippen LogP contribution in [0.1, 0.15) is 0 Å². The van der Waals surface area contributed by atoms with Crippen LogP contribution in [0.3, 0.4) is 0 Å². The van der Waals surface area contributed by atoms with Gasteiger partial charge in [-0.05, 0) is 12.1 Å². The lowest BCUT2D eigenvalue weighted by Gasteiger charge is -2.03. The Labute approximate surface area is 76.8 Å². The standard InChI is InChI=1S/C8H6N2O4/c11-7-5-3-1-2-4-6(5)9(13)8(12)10(7)14/h1-4,13-14H. The first-order valence-electron chi connectivity index (χ1n) is 3.78. The molecule has 0 aliphatic carbocycles. The van der Waals surface area contributed by atoms with E-state index in [0.29, 0.717) is 0 Å². The van der Waals surface area contributed by atoms with Crippen LogP contribution in [-0.2, 0) is 0 Å². The summed E-state index contributed by atoms with van der Waals surface area (Å²) in [5.41, 5.74) is -1.97. The molecule has 0 unspecified atom stereocenters. The molecule has 0 fully saturated rings. The third kappa shape index (κ3) is 0.905. The fourth-order valence-electron chi connectivity index (χ4n) is 1.23. The minimum atomic E-state index is -1.19. The molecule has 14 heavy (non-hydrogen) atoms. The van der Waals surface area contributed by atoms with Crippen molar-refractivity contribution >= 4 is 10.9 Å². The molecule has 1 heterocycles. The van der Waals surface area contributed by atoms with Crippen molar-refractivity contribution in [2.75, 3.05) is 0 Å². The highest BCUT2D eigenvalue weighted by atomic mass is 16.5. The lowest BCUT2D eigenvalue weighted by molar-refractivity contribution is 0.111. The third-order valence-electron chi connectivity index (χ3n) is 1.92. The maximum atomic E-state index is 11.3. The average molecular weight is 194 g/mol. The molecular formula is C8H6N2O4. The maximum absolute atomic E-state index is 11.3. The Kier molecular flexibility index (Phi) is 1.57. The van der Waals surface area contributed by atoms with Crippen LogP contribution in [0.4, 0.5) is 0 Å². The summed E-state index contributed by atoms with van der Waals surface area (Å²) in [4.78, 5) is 22.3. The quantitative estimate of drug-likeness (QED) is 0.561. The number of benzene rings is 1. The number of hydrogen-bond donors (Lipinski definition) is 2. The van der Waals surface area contributed by atoms with Gasteiger partial charge in [-0.2, -0.15) is 0 Å². The summed E-state index contributed by atoms with van der Waals surface area (Å²) >= 11 is 0. The number of nitrogens with zero attached hydrogens (tertiary/aromatic N) is 2. The van der Waals surface area contributed by atoms with Crippen LogP contribution in [0, 0.1) is 0 Å². The van der Waals surface area contributed by atoms with Crippen LogP contribution in [0.25, 0.3) is 10.9 Å². The Morgan fingerprint density at radius 1 is 1.00 bits per heavy atom. The summed E-state index contributed by atoms with van der Waals surface area (Å²) in [7, 11) is 0. The van der Waals surface area contributed by atoms with Crippen molar-refractivity contribution in [3.63, 3.8) is 0 Å². The van der Waals surface area contributed by atoms with Gasteiger partial charge in [-0.15, -0.1) is 4.73 Å². The maximum Gasteiger partial charge on any atom is 0.397 e. The first kappa shape index (κ1) is 8.36. The van der Waals surface area contributed by atoms with Gasteiger partial charge in [0.1, 0.15) is 0 Å². The van der Waals surface area contributed by atoms with Gasteiger partial charge in [0, 0.05) is 0 Å². The number of para-hydroxylation sites is 1. The lowest BCUT2D eigenvalue weighted by atomic mass is 10.2. The molecule has 1 aromatic carbocycles. The summed E-state index contributed by atoms with van der Waals surface area (Å²) in [6, 6.07) is 5.93. The largest absolute Gasteiger partial charge is 0.423 e. The van der Waals surface area contributed by atoms with Crippen LogP contribution in [-0.4, -0.2) is 19.9 Å². The van der Waals surface area contributed by atoms with Crippen LogP contribution in [0.15, 0.2) is 33.9 Å². The Bertz CT molecular complexity index is 611. The van der Waals surface area contributed by atoms with Gasteiger partial charge >= 0.3 is 5.69 Å². The Morgan fingerprint density at radius 2 is 1.64 bits per heavy atom. The molecule has 0 saturated carbocycles. The smallest absolute Gasteiger partial charge is 0.397 e. The van der Waals surface area contributed by atoms with Gasteiger partial charge in [0.05, 0.1) is 10.9 Å². The Hall–Kier alpha value is -2.24. The van der Waals surface area contributed by atoms with E-state index in [9.17, 15) is 14.8 Å². The fraction of sp³-hybridized carbons (Fsp3) is 0. The average Bonchev–Trinajstić information content (AvgIpc) is 2.23. The molecule has 0 spiro atoms. The van der Waals surface area contributed by atoms with Gasteiger partial charge in [-0.25, -0.2) is 4.79 Å². The van der Waals surface area contributed by atoms with Crippen molar-refractivity contribution in [2.24, 2.45) is 0 Å². The van der Waals surface area contributed by atoms with Crippen molar-refractivity contribution in [3.05, 3.63) is 45.1 Å². The Morgan fingerprint density at radius 3 is 2.36 bits per heavy atom. The van der Waals surface area contributed by atoms with Crippen molar-refractivity contribution in [2.45, 2.75) is 0 Å². The van der Waals surface area contributed by atoms with E-state index >= 15 is 0 Å². The van der Waals surface area contributed by atoms with Crippen molar-refractivity contribution in [1.29, 1.82) is 0 Å². The predicted octanol–water partition coefficient (Wildman–Crippen LogP) is -0.362. The van der Waals surface area contributed by atoms with Crippen LogP contribution in [0.5, 0.6) is 0 Å². The molecule has 0 bridgehead atoms. The van der Waals surface area contributed by atoms with E-state index in [2.05, 4.69) is 0 Å². The van der Waals surface area contributed by atoms with E-state index in [-0.39, 0.29) is 20.4 Å². The second-order valence-electron chi connectivity index (χ2n) is 2.73. The zero-order chi connectivity index (χ0) is 10.3. The molecule has 1 aromatic heterocycles. The van der Waals surface area contributed by atoms with Gasteiger partial charge < -0.3 is 10.4 Å². The highest BCUT2D eigenvalue weighted by Crippen LogP contribution is 2.04.